The predicted octanol–water partition coefficient (Wildman–Crippen LogP) is 8.07. The standard InChI is InChI=1S/C25H16N2S2/c1-3-9-21-18(6-1)24-20(8-5-11-23(24)28-21)26-17-14-12-16(13-15-17)25-27-19-7-2-4-10-22(19)29-25/h1-15,26H. The summed E-state index contributed by atoms with van der Waals surface area (Å²) in [5, 5.41) is 7.28. The summed E-state index contributed by atoms with van der Waals surface area (Å²) < 4.78 is 3.85. The molecule has 4 aromatic carbocycles. The highest BCUT2D eigenvalue weighted by Gasteiger charge is 2.10. The minimum atomic E-state index is 1.06. The molecule has 0 amide bonds. The molecule has 0 unspecified atom stereocenters. The largest absolute Gasteiger partial charge is 0.355 e. The predicted molar refractivity (Wildman–Crippen MR) is 128 cm³/mol. The van der Waals surface area contributed by atoms with Crippen molar-refractivity contribution in [1.29, 1.82) is 0 Å². The minimum absolute atomic E-state index is 1.06. The van der Waals surface area contributed by atoms with Crippen LogP contribution in [0.15, 0.2) is 91.0 Å². The average Bonchev–Trinajstić information content (AvgIpc) is 3.36. The van der Waals surface area contributed by atoms with Gasteiger partial charge >= 0.3 is 0 Å². The molecule has 6 rings (SSSR count). The highest BCUT2D eigenvalue weighted by Crippen LogP contribution is 2.39. The molecule has 0 fully saturated rings. The van der Waals surface area contributed by atoms with Crippen LogP contribution in [0.2, 0.25) is 0 Å². The van der Waals surface area contributed by atoms with Crippen molar-refractivity contribution in [2.75, 3.05) is 5.32 Å². The monoisotopic (exact) mass is 408 g/mol. The number of aromatic nitrogens is 1. The van der Waals surface area contributed by atoms with Gasteiger partial charge in [0.1, 0.15) is 5.01 Å². The summed E-state index contributed by atoms with van der Waals surface area (Å²) in [6.07, 6.45) is 0. The molecule has 6 aromatic rings. The van der Waals surface area contributed by atoms with E-state index >= 15 is 0 Å². The summed E-state index contributed by atoms with van der Waals surface area (Å²) in [5.74, 6) is 0. The summed E-state index contributed by atoms with van der Waals surface area (Å²) in [5.41, 5.74) is 4.44. The maximum absolute atomic E-state index is 4.76. The van der Waals surface area contributed by atoms with Crippen molar-refractivity contribution >= 4 is 64.4 Å². The third-order valence-electron chi connectivity index (χ3n) is 5.11. The Morgan fingerprint density at radius 2 is 1.38 bits per heavy atom. The lowest BCUT2D eigenvalue weighted by molar-refractivity contribution is 1.47. The van der Waals surface area contributed by atoms with Crippen LogP contribution in [0.1, 0.15) is 0 Å². The second kappa shape index (κ2) is 6.69. The first-order chi connectivity index (χ1) is 14.3. The van der Waals surface area contributed by atoms with E-state index in [4.69, 9.17) is 4.98 Å². The lowest BCUT2D eigenvalue weighted by Gasteiger charge is -2.09. The normalized spacial score (nSPS) is 11.4. The van der Waals surface area contributed by atoms with Crippen molar-refractivity contribution in [3.05, 3.63) is 91.0 Å². The highest BCUT2D eigenvalue weighted by atomic mass is 32.1. The third-order valence-corrected chi connectivity index (χ3v) is 7.33. The molecule has 0 atom stereocenters. The SMILES string of the molecule is c1ccc2sc(-c3ccc(Nc4cccc5sc6ccccc6c45)cc3)nc2c1. The molecule has 0 radical (unpaired) electrons. The molecule has 0 saturated carbocycles. The van der Waals surface area contributed by atoms with E-state index in [2.05, 4.69) is 90.2 Å². The zero-order chi connectivity index (χ0) is 19.2. The number of anilines is 2. The minimum Gasteiger partial charge on any atom is -0.355 e. The van der Waals surface area contributed by atoms with Crippen molar-refractivity contribution in [2.24, 2.45) is 0 Å². The van der Waals surface area contributed by atoms with Crippen LogP contribution < -0.4 is 5.32 Å². The molecule has 0 spiro atoms. The number of hydrogen-bond acceptors (Lipinski definition) is 4. The fraction of sp³-hybridized carbons (Fsp3) is 0. The summed E-state index contributed by atoms with van der Waals surface area (Å²) in [7, 11) is 0. The number of thiazole rings is 1. The van der Waals surface area contributed by atoms with Crippen LogP contribution in [-0.4, -0.2) is 4.98 Å². The van der Waals surface area contributed by atoms with Gasteiger partial charge in [0.05, 0.1) is 10.2 Å². The smallest absolute Gasteiger partial charge is 0.124 e. The van der Waals surface area contributed by atoms with Crippen LogP contribution in [0.3, 0.4) is 0 Å². The number of fused-ring (bicyclic) bond motifs is 4. The maximum Gasteiger partial charge on any atom is 0.124 e. The Hall–Kier alpha value is -3.21. The summed E-state index contributed by atoms with van der Waals surface area (Å²) in [6.45, 7) is 0. The van der Waals surface area contributed by atoms with Gasteiger partial charge in [0.25, 0.3) is 0 Å². The molecule has 1 N–H and O–H groups in total. The number of nitrogens with one attached hydrogen (secondary N) is 1. The first-order valence-electron chi connectivity index (χ1n) is 9.48. The third kappa shape index (κ3) is 2.89. The van der Waals surface area contributed by atoms with E-state index in [-0.39, 0.29) is 0 Å². The van der Waals surface area contributed by atoms with Gasteiger partial charge in [-0.25, -0.2) is 4.98 Å². The first-order valence-corrected chi connectivity index (χ1v) is 11.1. The molecule has 138 valence electrons. The number of nitrogens with zero attached hydrogens (tertiary/aromatic N) is 1. The van der Waals surface area contributed by atoms with E-state index in [1.807, 2.05) is 17.4 Å². The Labute approximate surface area is 176 Å². The van der Waals surface area contributed by atoms with Crippen molar-refractivity contribution < 1.29 is 0 Å². The molecule has 0 aliphatic carbocycles. The van der Waals surface area contributed by atoms with Gasteiger partial charge in [0, 0.05) is 37.1 Å². The maximum atomic E-state index is 4.76. The van der Waals surface area contributed by atoms with Crippen molar-refractivity contribution in [3.63, 3.8) is 0 Å². The van der Waals surface area contributed by atoms with Crippen LogP contribution in [0.25, 0.3) is 41.0 Å². The quantitative estimate of drug-likeness (QED) is 0.320. The number of rotatable bonds is 3. The molecule has 2 nitrogen and oxygen atoms in total. The molecular weight excluding hydrogens is 392 g/mol. The van der Waals surface area contributed by atoms with E-state index in [0.29, 0.717) is 0 Å². The van der Waals surface area contributed by atoms with Crippen molar-refractivity contribution in [1.82, 2.24) is 4.98 Å². The molecule has 29 heavy (non-hydrogen) atoms. The average molecular weight is 409 g/mol. The fourth-order valence-electron chi connectivity index (χ4n) is 3.73. The highest BCUT2D eigenvalue weighted by molar-refractivity contribution is 7.26. The van der Waals surface area contributed by atoms with E-state index in [0.717, 1.165) is 27.5 Å². The Bertz CT molecular complexity index is 1440. The fourth-order valence-corrected chi connectivity index (χ4v) is 5.83. The Kier molecular flexibility index (Phi) is 3.86. The molecule has 0 aliphatic heterocycles. The Balaban J connectivity index is 1.37. The number of benzene rings is 4. The van der Waals surface area contributed by atoms with Gasteiger partial charge in [0.15, 0.2) is 0 Å². The second-order valence-electron chi connectivity index (χ2n) is 6.97. The van der Waals surface area contributed by atoms with Crippen LogP contribution in [0, 0.1) is 0 Å². The first kappa shape index (κ1) is 16.7. The van der Waals surface area contributed by atoms with Gasteiger partial charge in [0.2, 0.25) is 0 Å². The zero-order valence-corrected chi connectivity index (χ0v) is 17.1. The van der Waals surface area contributed by atoms with Gasteiger partial charge in [-0.15, -0.1) is 22.7 Å². The van der Waals surface area contributed by atoms with E-state index in [1.54, 1.807) is 11.3 Å². The van der Waals surface area contributed by atoms with Gasteiger partial charge < -0.3 is 5.32 Å². The Morgan fingerprint density at radius 1 is 0.621 bits per heavy atom. The zero-order valence-electron chi connectivity index (χ0n) is 15.4. The molecule has 0 aliphatic rings. The lowest BCUT2D eigenvalue weighted by atomic mass is 10.1. The number of thiophene rings is 1. The molecule has 2 heterocycles. The topological polar surface area (TPSA) is 24.9 Å². The van der Waals surface area contributed by atoms with Crippen molar-refractivity contribution in [3.8, 4) is 10.6 Å². The molecule has 0 bridgehead atoms. The lowest BCUT2D eigenvalue weighted by Crippen LogP contribution is -1.90. The van der Waals surface area contributed by atoms with Gasteiger partial charge in [-0.2, -0.15) is 0 Å². The van der Waals surface area contributed by atoms with E-state index in [1.165, 1.54) is 24.9 Å². The van der Waals surface area contributed by atoms with Gasteiger partial charge in [-0.1, -0.05) is 36.4 Å². The molecule has 4 heteroatoms. The summed E-state index contributed by atoms with van der Waals surface area (Å²) in [4.78, 5) is 4.76. The van der Waals surface area contributed by atoms with Crippen LogP contribution >= 0.6 is 22.7 Å². The van der Waals surface area contributed by atoms with E-state index < -0.39 is 0 Å². The van der Waals surface area contributed by atoms with E-state index in [9.17, 15) is 0 Å². The summed E-state index contributed by atoms with van der Waals surface area (Å²) >= 11 is 3.58. The molecule has 0 saturated heterocycles. The van der Waals surface area contributed by atoms with Crippen molar-refractivity contribution in [2.45, 2.75) is 0 Å². The molecule has 2 aromatic heterocycles. The van der Waals surface area contributed by atoms with Crippen LogP contribution in [-0.2, 0) is 0 Å². The van der Waals surface area contributed by atoms with Gasteiger partial charge in [-0.05, 0) is 54.6 Å². The summed E-state index contributed by atoms with van der Waals surface area (Å²) in [6, 6.07) is 31.9. The van der Waals surface area contributed by atoms with Gasteiger partial charge in [-0.3, -0.25) is 0 Å². The second-order valence-corrected chi connectivity index (χ2v) is 9.08. The van der Waals surface area contributed by atoms with Crippen LogP contribution in [0.5, 0.6) is 0 Å². The molecular formula is C25H16N2S2. The number of para-hydroxylation sites is 1. The number of hydrogen-bond donors (Lipinski definition) is 1. The Morgan fingerprint density at radius 3 is 2.24 bits per heavy atom. The van der Waals surface area contributed by atoms with Crippen LogP contribution in [0.4, 0.5) is 11.4 Å².